The second kappa shape index (κ2) is 6.51. The van der Waals surface area contributed by atoms with Crippen molar-refractivity contribution in [3.8, 4) is 0 Å². The van der Waals surface area contributed by atoms with Crippen LogP contribution in [0.25, 0.3) is 11.0 Å². The van der Waals surface area contributed by atoms with E-state index in [0.29, 0.717) is 17.6 Å². The van der Waals surface area contributed by atoms with Crippen molar-refractivity contribution >= 4 is 16.9 Å². The molecular weight excluding hydrogens is 318 g/mol. The Bertz CT molecular complexity index is 948. The quantitative estimate of drug-likeness (QED) is 0.725. The Balaban J connectivity index is 1.56. The van der Waals surface area contributed by atoms with Crippen LogP contribution in [0, 0.1) is 0 Å². The van der Waals surface area contributed by atoms with E-state index >= 15 is 0 Å². The Kier molecular flexibility index (Phi) is 4.05. The maximum absolute atomic E-state index is 12.8. The van der Waals surface area contributed by atoms with E-state index in [-0.39, 0.29) is 24.1 Å². The standard InChI is InChI=1S/C18H19N5O2/c24-17-10-20-15-5-1-2-6-16(15)23(17)12-18(25)21-8-3-4-14(11-21)22-9-7-19-13-22/h1-2,5-7,9-10,13-14H,3-4,8,11-12H2/t14-/m1/s1. The predicted molar refractivity (Wildman–Crippen MR) is 93.1 cm³/mol. The minimum Gasteiger partial charge on any atom is -0.339 e. The number of rotatable bonds is 3. The minimum atomic E-state index is -0.254. The van der Waals surface area contributed by atoms with Crippen molar-refractivity contribution in [3.63, 3.8) is 0 Å². The molecule has 1 fully saturated rings. The molecule has 4 rings (SSSR count). The van der Waals surface area contributed by atoms with Gasteiger partial charge in [0.25, 0.3) is 5.56 Å². The molecule has 3 heterocycles. The van der Waals surface area contributed by atoms with Crippen LogP contribution >= 0.6 is 0 Å². The average molecular weight is 337 g/mol. The number of para-hydroxylation sites is 2. The van der Waals surface area contributed by atoms with Crippen LogP contribution in [0.3, 0.4) is 0 Å². The maximum atomic E-state index is 12.8. The molecule has 1 aromatic carbocycles. The number of amides is 1. The topological polar surface area (TPSA) is 73.0 Å². The summed E-state index contributed by atoms with van der Waals surface area (Å²) in [6.07, 6.45) is 8.72. The van der Waals surface area contributed by atoms with E-state index < -0.39 is 0 Å². The van der Waals surface area contributed by atoms with Gasteiger partial charge in [-0.25, -0.2) is 9.97 Å². The molecule has 25 heavy (non-hydrogen) atoms. The smallest absolute Gasteiger partial charge is 0.269 e. The maximum Gasteiger partial charge on any atom is 0.269 e. The first kappa shape index (κ1) is 15.6. The average Bonchev–Trinajstić information content (AvgIpc) is 3.19. The van der Waals surface area contributed by atoms with E-state index in [0.717, 1.165) is 19.4 Å². The molecule has 0 bridgehead atoms. The zero-order valence-electron chi connectivity index (χ0n) is 13.8. The van der Waals surface area contributed by atoms with Gasteiger partial charge >= 0.3 is 0 Å². The third-order valence-corrected chi connectivity index (χ3v) is 4.74. The molecule has 128 valence electrons. The molecule has 1 atom stereocenters. The summed E-state index contributed by atoms with van der Waals surface area (Å²) in [5.41, 5.74) is 1.14. The van der Waals surface area contributed by atoms with E-state index in [4.69, 9.17) is 0 Å². The van der Waals surface area contributed by atoms with Gasteiger partial charge in [-0.2, -0.15) is 0 Å². The van der Waals surface area contributed by atoms with Crippen LogP contribution in [0.4, 0.5) is 0 Å². The van der Waals surface area contributed by atoms with Crippen molar-refractivity contribution in [1.29, 1.82) is 0 Å². The molecule has 1 aliphatic rings. The first-order valence-electron chi connectivity index (χ1n) is 8.42. The number of carbonyl (C=O) groups is 1. The lowest BCUT2D eigenvalue weighted by molar-refractivity contribution is -0.133. The molecular formula is C18H19N5O2. The normalized spacial score (nSPS) is 17.8. The third-order valence-electron chi connectivity index (χ3n) is 4.74. The van der Waals surface area contributed by atoms with Crippen molar-refractivity contribution in [3.05, 3.63) is 59.5 Å². The fourth-order valence-electron chi connectivity index (χ4n) is 3.42. The molecule has 0 spiro atoms. The molecule has 3 aromatic rings. The van der Waals surface area contributed by atoms with Crippen LogP contribution in [0.1, 0.15) is 18.9 Å². The number of hydrogen-bond acceptors (Lipinski definition) is 4. The van der Waals surface area contributed by atoms with Crippen LogP contribution in [0.15, 0.2) is 54.0 Å². The van der Waals surface area contributed by atoms with E-state index in [9.17, 15) is 9.59 Å². The number of nitrogens with zero attached hydrogens (tertiary/aromatic N) is 5. The molecule has 2 aromatic heterocycles. The summed E-state index contributed by atoms with van der Waals surface area (Å²) in [7, 11) is 0. The number of fused-ring (bicyclic) bond motifs is 1. The van der Waals surface area contributed by atoms with Crippen LogP contribution in [-0.4, -0.2) is 43.0 Å². The van der Waals surface area contributed by atoms with Gasteiger partial charge < -0.3 is 9.47 Å². The molecule has 1 aliphatic heterocycles. The highest BCUT2D eigenvalue weighted by atomic mass is 16.2. The first-order chi connectivity index (χ1) is 12.2. The van der Waals surface area contributed by atoms with E-state index in [1.54, 1.807) is 12.5 Å². The summed E-state index contributed by atoms with van der Waals surface area (Å²) in [5.74, 6) is -0.0386. The number of carbonyl (C=O) groups excluding carboxylic acids is 1. The lowest BCUT2D eigenvalue weighted by atomic mass is 10.1. The van der Waals surface area contributed by atoms with Crippen molar-refractivity contribution in [2.75, 3.05) is 13.1 Å². The largest absolute Gasteiger partial charge is 0.339 e. The van der Waals surface area contributed by atoms with Crippen LogP contribution < -0.4 is 5.56 Å². The lowest BCUT2D eigenvalue weighted by Crippen LogP contribution is -2.43. The fourth-order valence-corrected chi connectivity index (χ4v) is 3.42. The first-order valence-corrected chi connectivity index (χ1v) is 8.42. The highest BCUT2D eigenvalue weighted by molar-refractivity contribution is 5.80. The van der Waals surface area contributed by atoms with Gasteiger partial charge in [-0.15, -0.1) is 0 Å². The van der Waals surface area contributed by atoms with Gasteiger partial charge in [0.15, 0.2) is 0 Å². The summed E-state index contributed by atoms with van der Waals surface area (Å²) in [6.45, 7) is 1.41. The second-order valence-electron chi connectivity index (χ2n) is 6.32. The molecule has 0 unspecified atom stereocenters. The Hall–Kier alpha value is -2.96. The predicted octanol–water partition coefficient (Wildman–Crippen LogP) is 1.46. The van der Waals surface area contributed by atoms with Crippen molar-refractivity contribution < 1.29 is 4.79 Å². The van der Waals surface area contributed by atoms with Crippen LogP contribution in [-0.2, 0) is 11.3 Å². The summed E-state index contributed by atoms with van der Waals surface area (Å²) in [6, 6.07) is 7.62. The van der Waals surface area contributed by atoms with Gasteiger partial charge in [0.05, 0.1) is 29.6 Å². The van der Waals surface area contributed by atoms with E-state index in [1.807, 2.05) is 39.9 Å². The summed E-state index contributed by atoms with van der Waals surface area (Å²) < 4.78 is 3.55. The number of hydrogen-bond donors (Lipinski definition) is 0. The Labute approximate surface area is 144 Å². The monoisotopic (exact) mass is 337 g/mol. The molecule has 0 aliphatic carbocycles. The summed E-state index contributed by atoms with van der Waals surface area (Å²) >= 11 is 0. The summed E-state index contributed by atoms with van der Waals surface area (Å²) in [5, 5.41) is 0. The number of benzene rings is 1. The zero-order valence-corrected chi connectivity index (χ0v) is 13.8. The lowest BCUT2D eigenvalue weighted by Gasteiger charge is -2.33. The van der Waals surface area contributed by atoms with E-state index in [2.05, 4.69) is 9.97 Å². The Morgan fingerprint density at radius 2 is 2.16 bits per heavy atom. The fraction of sp³-hybridized carbons (Fsp3) is 0.333. The van der Waals surface area contributed by atoms with Gasteiger partial charge in [0.1, 0.15) is 6.54 Å². The number of piperidine rings is 1. The number of likely N-dealkylation sites (tertiary alicyclic amines) is 1. The van der Waals surface area contributed by atoms with Crippen LogP contribution in [0.2, 0.25) is 0 Å². The molecule has 0 saturated carbocycles. The van der Waals surface area contributed by atoms with Gasteiger partial charge in [-0.05, 0) is 25.0 Å². The van der Waals surface area contributed by atoms with Gasteiger partial charge in [0.2, 0.25) is 5.91 Å². The number of imidazole rings is 1. The van der Waals surface area contributed by atoms with Crippen molar-refractivity contribution in [2.45, 2.75) is 25.4 Å². The Morgan fingerprint density at radius 3 is 3.00 bits per heavy atom. The van der Waals surface area contributed by atoms with Gasteiger partial charge in [-0.1, -0.05) is 12.1 Å². The van der Waals surface area contributed by atoms with E-state index in [1.165, 1.54) is 10.8 Å². The van der Waals surface area contributed by atoms with Crippen molar-refractivity contribution in [1.82, 2.24) is 24.0 Å². The zero-order chi connectivity index (χ0) is 17.2. The van der Waals surface area contributed by atoms with Crippen molar-refractivity contribution in [2.24, 2.45) is 0 Å². The SMILES string of the molecule is O=C(Cn1c(=O)cnc2ccccc21)N1CCC[C@@H](n2ccnc2)C1. The second-order valence-corrected chi connectivity index (χ2v) is 6.32. The van der Waals surface area contributed by atoms with Crippen LogP contribution in [0.5, 0.6) is 0 Å². The molecule has 7 heteroatoms. The summed E-state index contributed by atoms with van der Waals surface area (Å²) in [4.78, 5) is 35.1. The highest BCUT2D eigenvalue weighted by Gasteiger charge is 2.25. The molecule has 1 saturated heterocycles. The number of aromatic nitrogens is 4. The third kappa shape index (κ3) is 3.05. The molecule has 1 amide bonds. The molecule has 7 nitrogen and oxygen atoms in total. The highest BCUT2D eigenvalue weighted by Crippen LogP contribution is 2.21. The van der Waals surface area contributed by atoms with Gasteiger partial charge in [0, 0.05) is 25.5 Å². The van der Waals surface area contributed by atoms with Gasteiger partial charge in [-0.3, -0.25) is 14.2 Å². The molecule has 0 radical (unpaired) electrons. The molecule has 0 N–H and O–H groups in total. The minimum absolute atomic E-state index is 0.0386. The Morgan fingerprint density at radius 1 is 1.28 bits per heavy atom.